The van der Waals surface area contributed by atoms with Gasteiger partial charge in [-0.05, 0) is 42.7 Å². The van der Waals surface area contributed by atoms with Crippen molar-refractivity contribution in [1.82, 2.24) is 15.1 Å². The summed E-state index contributed by atoms with van der Waals surface area (Å²) in [6.07, 6.45) is 3.94. The van der Waals surface area contributed by atoms with E-state index in [1.54, 1.807) is 0 Å². The Balaban J connectivity index is 2.54. The molecule has 0 aliphatic carbocycles. The first-order valence-corrected chi connectivity index (χ1v) is 6.42. The molecule has 16 heavy (non-hydrogen) atoms. The molecule has 0 bridgehead atoms. The number of ether oxygens (including phenoxy) is 1. The molecule has 1 aromatic heterocycles. The molecule has 0 saturated heterocycles. The molecule has 4 nitrogen and oxygen atoms in total. The van der Waals surface area contributed by atoms with Crippen LogP contribution in [0.2, 0.25) is 0 Å². The summed E-state index contributed by atoms with van der Waals surface area (Å²) in [6.45, 7) is 3.64. The first-order valence-electron chi connectivity index (χ1n) is 5.63. The number of hydrogen-bond acceptors (Lipinski definition) is 3. The van der Waals surface area contributed by atoms with Gasteiger partial charge in [0.2, 0.25) is 0 Å². The molecule has 5 heteroatoms. The molecule has 1 N–H and O–H groups in total. The minimum absolute atomic E-state index is 0.322. The van der Waals surface area contributed by atoms with Crippen molar-refractivity contribution in [2.45, 2.75) is 25.8 Å². The molecule has 1 rings (SSSR count). The number of hydrogen-bond donors (Lipinski definition) is 1. The zero-order valence-corrected chi connectivity index (χ0v) is 11.7. The number of nitrogens with one attached hydrogen (secondary N) is 1. The highest BCUT2D eigenvalue weighted by Crippen LogP contribution is 2.25. The quantitative estimate of drug-likeness (QED) is 0.783. The molecule has 0 aliphatic heterocycles. The first-order chi connectivity index (χ1) is 7.70. The standard InChI is InChI=1S/C11H20BrN3O/c1-4-16-7-5-6-10(13-2)11-9(12)8-14-15(11)3/h8,10,13H,4-7H2,1-3H3. The molecule has 0 aliphatic rings. The van der Waals surface area contributed by atoms with Crippen LogP contribution < -0.4 is 5.32 Å². The fraction of sp³-hybridized carbons (Fsp3) is 0.727. The van der Waals surface area contributed by atoms with Crippen molar-refractivity contribution in [2.75, 3.05) is 20.3 Å². The molecule has 0 aromatic carbocycles. The maximum absolute atomic E-state index is 5.34. The number of aromatic nitrogens is 2. The largest absolute Gasteiger partial charge is 0.382 e. The lowest BCUT2D eigenvalue weighted by molar-refractivity contribution is 0.141. The Kier molecular flexibility index (Phi) is 6.01. The van der Waals surface area contributed by atoms with E-state index < -0.39 is 0 Å². The fourth-order valence-corrected chi connectivity index (χ4v) is 2.39. The highest BCUT2D eigenvalue weighted by Gasteiger charge is 2.16. The fourth-order valence-electron chi connectivity index (χ4n) is 1.76. The summed E-state index contributed by atoms with van der Waals surface area (Å²) in [7, 11) is 3.94. The summed E-state index contributed by atoms with van der Waals surface area (Å²) in [6, 6.07) is 0.322. The van der Waals surface area contributed by atoms with Crippen molar-refractivity contribution in [2.24, 2.45) is 7.05 Å². The molecule has 0 saturated carbocycles. The van der Waals surface area contributed by atoms with Gasteiger partial charge in [0.15, 0.2) is 0 Å². The molecule has 1 atom stereocenters. The average Bonchev–Trinajstić information content (AvgIpc) is 2.60. The van der Waals surface area contributed by atoms with Crippen LogP contribution in [0.1, 0.15) is 31.5 Å². The van der Waals surface area contributed by atoms with Crippen LogP contribution in [0.4, 0.5) is 0 Å². The zero-order valence-electron chi connectivity index (χ0n) is 10.2. The zero-order chi connectivity index (χ0) is 12.0. The van der Waals surface area contributed by atoms with E-state index in [9.17, 15) is 0 Å². The van der Waals surface area contributed by atoms with E-state index in [4.69, 9.17) is 4.74 Å². The van der Waals surface area contributed by atoms with Crippen molar-refractivity contribution < 1.29 is 4.74 Å². The van der Waals surface area contributed by atoms with E-state index in [1.165, 1.54) is 5.69 Å². The average molecular weight is 290 g/mol. The topological polar surface area (TPSA) is 39.1 Å². The van der Waals surface area contributed by atoms with Gasteiger partial charge in [0.25, 0.3) is 0 Å². The van der Waals surface area contributed by atoms with Crippen LogP contribution in [0.3, 0.4) is 0 Å². The Morgan fingerprint density at radius 2 is 2.38 bits per heavy atom. The van der Waals surface area contributed by atoms with Gasteiger partial charge in [0, 0.05) is 20.3 Å². The van der Waals surface area contributed by atoms with E-state index in [2.05, 4.69) is 26.3 Å². The lowest BCUT2D eigenvalue weighted by Crippen LogP contribution is -2.20. The van der Waals surface area contributed by atoms with Gasteiger partial charge < -0.3 is 10.1 Å². The van der Waals surface area contributed by atoms with Crippen molar-refractivity contribution in [3.05, 3.63) is 16.4 Å². The van der Waals surface area contributed by atoms with Crippen LogP contribution in [-0.4, -0.2) is 30.0 Å². The molecule has 1 unspecified atom stereocenters. The van der Waals surface area contributed by atoms with Crippen LogP contribution in [-0.2, 0) is 11.8 Å². The van der Waals surface area contributed by atoms with Crippen molar-refractivity contribution >= 4 is 15.9 Å². The SMILES string of the molecule is CCOCCCC(NC)c1c(Br)cnn1C. The summed E-state index contributed by atoms with van der Waals surface area (Å²) in [5.74, 6) is 0. The number of halogens is 1. The Hall–Kier alpha value is -0.390. The van der Waals surface area contributed by atoms with Crippen LogP contribution in [0.5, 0.6) is 0 Å². The molecular weight excluding hydrogens is 270 g/mol. The second kappa shape index (κ2) is 7.04. The second-order valence-corrected chi connectivity index (χ2v) is 4.54. The Bertz CT molecular complexity index is 295. The van der Waals surface area contributed by atoms with Gasteiger partial charge in [-0.15, -0.1) is 0 Å². The van der Waals surface area contributed by atoms with E-state index in [0.29, 0.717) is 6.04 Å². The van der Waals surface area contributed by atoms with Gasteiger partial charge in [-0.1, -0.05) is 0 Å². The van der Waals surface area contributed by atoms with Crippen molar-refractivity contribution in [1.29, 1.82) is 0 Å². The molecule has 1 heterocycles. The summed E-state index contributed by atoms with van der Waals surface area (Å²) >= 11 is 3.53. The monoisotopic (exact) mass is 289 g/mol. The van der Waals surface area contributed by atoms with Gasteiger partial charge in [-0.2, -0.15) is 5.10 Å². The maximum Gasteiger partial charge on any atom is 0.0692 e. The highest BCUT2D eigenvalue weighted by molar-refractivity contribution is 9.10. The predicted molar refractivity (Wildman–Crippen MR) is 68.4 cm³/mol. The molecule has 1 aromatic rings. The summed E-state index contributed by atoms with van der Waals surface area (Å²) in [5, 5.41) is 7.54. The lowest BCUT2D eigenvalue weighted by Gasteiger charge is -2.17. The number of nitrogens with zero attached hydrogens (tertiary/aromatic N) is 2. The molecule has 0 spiro atoms. The third-order valence-electron chi connectivity index (χ3n) is 2.60. The van der Waals surface area contributed by atoms with Gasteiger partial charge >= 0.3 is 0 Å². The summed E-state index contributed by atoms with van der Waals surface area (Å²) < 4.78 is 8.31. The molecule has 0 fully saturated rings. The third kappa shape index (κ3) is 3.57. The van der Waals surface area contributed by atoms with Crippen LogP contribution in [0, 0.1) is 0 Å². The molecule has 0 radical (unpaired) electrons. The number of aryl methyl sites for hydroxylation is 1. The smallest absolute Gasteiger partial charge is 0.0692 e. The van der Waals surface area contributed by atoms with E-state index in [-0.39, 0.29) is 0 Å². The maximum atomic E-state index is 5.34. The van der Waals surface area contributed by atoms with Crippen LogP contribution in [0.15, 0.2) is 10.7 Å². The minimum Gasteiger partial charge on any atom is -0.382 e. The van der Waals surface area contributed by atoms with Crippen molar-refractivity contribution in [3.63, 3.8) is 0 Å². The Labute approximate surface area is 105 Å². The molecular formula is C11H20BrN3O. The Morgan fingerprint density at radius 1 is 1.62 bits per heavy atom. The van der Waals surface area contributed by atoms with E-state index in [1.807, 2.05) is 31.9 Å². The molecule has 0 amide bonds. The lowest BCUT2D eigenvalue weighted by atomic mass is 10.1. The van der Waals surface area contributed by atoms with Gasteiger partial charge in [-0.25, -0.2) is 0 Å². The van der Waals surface area contributed by atoms with Crippen molar-refractivity contribution in [3.8, 4) is 0 Å². The van der Waals surface area contributed by atoms with Gasteiger partial charge in [-0.3, -0.25) is 4.68 Å². The summed E-state index contributed by atoms with van der Waals surface area (Å²) in [4.78, 5) is 0. The predicted octanol–water partition coefficient (Wildman–Crippen LogP) is 2.26. The second-order valence-electron chi connectivity index (χ2n) is 3.68. The summed E-state index contributed by atoms with van der Waals surface area (Å²) in [5.41, 5.74) is 1.19. The third-order valence-corrected chi connectivity index (χ3v) is 3.21. The van der Waals surface area contributed by atoms with Gasteiger partial charge in [0.1, 0.15) is 0 Å². The van der Waals surface area contributed by atoms with Crippen LogP contribution >= 0.6 is 15.9 Å². The first kappa shape index (κ1) is 13.7. The molecule has 92 valence electrons. The van der Waals surface area contributed by atoms with E-state index in [0.717, 1.165) is 30.5 Å². The number of rotatable bonds is 7. The minimum atomic E-state index is 0.322. The van der Waals surface area contributed by atoms with Gasteiger partial charge in [0.05, 0.1) is 22.4 Å². The highest BCUT2D eigenvalue weighted by atomic mass is 79.9. The van der Waals surface area contributed by atoms with Crippen LogP contribution in [0.25, 0.3) is 0 Å². The van der Waals surface area contributed by atoms with E-state index >= 15 is 0 Å². The Morgan fingerprint density at radius 3 is 2.88 bits per heavy atom. The normalized spacial score (nSPS) is 13.0.